The first kappa shape index (κ1) is 12.7. The third kappa shape index (κ3) is 2.74. The van der Waals surface area contributed by atoms with Gasteiger partial charge in [0.05, 0.1) is 11.0 Å². The molecule has 2 aromatic rings. The molecule has 96 valence electrons. The second-order valence-corrected chi connectivity index (χ2v) is 3.59. The molecule has 2 rings (SSSR count). The smallest absolute Gasteiger partial charge is 0.272 e. The first-order valence-electron chi connectivity index (χ1n) is 5.30. The summed E-state index contributed by atoms with van der Waals surface area (Å²) in [6.07, 6.45) is 4.53. The molecule has 19 heavy (non-hydrogen) atoms. The Hall–Kier alpha value is -2.76. The van der Waals surface area contributed by atoms with Crippen LogP contribution in [0, 0.1) is 15.9 Å². The Labute approximate surface area is 108 Å². The molecule has 5 nitrogen and oxygen atoms in total. The van der Waals surface area contributed by atoms with E-state index < -0.39 is 10.7 Å². The highest BCUT2D eigenvalue weighted by Gasteiger charge is 2.13. The van der Waals surface area contributed by atoms with Gasteiger partial charge in [-0.25, -0.2) is 4.39 Å². The van der Waals surface area contributed by atoms with Crippen molar-refractivity contribution in [1.82, 2.24) is 4.98 Å². The molecule has 0 aliphatic carbocycles. The molecule has 0 N–H and O–H groups in total. The molecule has 0 aliphatic rings. The van der Waals surface area contributed by atoms with Gasteiger partial charge in [0, 0.05) is 24.0 Å². The quantitative estimate of drug-likeness (QED) is 0.622. The maximum absolute atomic E-state index is 13.7. The van der Waals surface area contributed by atoms with Crippen LogP contribution >= 0.6 is 0 Å². The van der Waals surface area contributed by atoms with Crippen LogP contribution in [0.1, 0.15) is 5.56 Å². The van der Waals surface area contributed by atoms with Crippen molar-refractivity contribution in [3.8, 4) is 11.5 Å². The number of nitrogens with zero attached hydrogens (tertiary/aromatic N) is 2. The first-order valence-corrected chi connectivity index (χ1v) is 5.30. The SMILES string of the molecule is C=Cc1cnccc1Oc1ccc([N+](=O)[O-])cc1F. The molecule has 0 amide bonds. The van der Waals surface area contributed by atoms with Crippen LogP contribution in [0.3, 0.4) is 0 Å². The summed E-state index contributed by atoms with van der Waals surface area (Å²) in [4.78, 5) is 13.7. The number of hydrogen-bond acceptors (Lipinski definition) is 4. The summed E-state index contributed by atoms with van der Waals surface area (Å²) in [6, 6.07) is 4.75. The van der Waals surface area contributed by atoms with Crippen LogP contribution in [-0.4, -0.2) is 9.91 Å². The maximum Gasteiger partial charge on any atom is 0.272 e. The monoisotopic (exact) mass is 260 g/mol. The zero-order valence-electron chi connectivity index (χ0n) is 9.75. The Balaban J connectivity index is 2.33. The standard InChI is InChI=1S/C13H9FN2O3/c1-2-9-8-15-6-5-12(9)19-13-4-3-10(16(17)18)7-11(13)14/h2-8H,1H2. The summed E-state index contributed by atoms with van der Waals surface area (Å²) in [5.41, 5.74) is 0.267. The third-order valence-electron chi connectivity index (χ3n) is 2.38. The average molecular weight is 260 g/mol. The van der Waals surface area contributed by atoms with Crippen LogP contribution in [0.4, 0.5) is 10.1 Å². The van der Waals surface area contributed by atoms with Gasteiger partial charge in [0.2, 0.25) is 0 Å². The lowest BCUT2D eigenvalue weighted by molar-refractivity contribution is -0.385. The summed E-state index contributed by atoms with van der Waals surface area (Å²) in [5, 5.41) is 10.5. The van der Waals surface area contributed by atoms with Gasteiger partial charge in [0.25, 0.3) is 5.69 Å². The van der Waals surface area contributed by atoms with Crippen molar-refractivity contribution in [3.63, 3.8) is 0 Å². The van der Waals surface area contributed by atoms with E-state index in [4.69, 9.17) is 4.74 Å². The number of aromatic nitrogens is 1. The molecular weight excluding hydrogens is 251 g/mol. The summed E-state index contributed by atoms with van der Waals surface area (Å²) in [7, 11) is 0. The molecule has 1 heterocycles. The van der Waals surface area contributed by atoms with Crippen molar-refractivity contribution in [2.45, 2.75) is 0 Å². The number of halogens is 1. The van der Waals surface area contributed by atoms with E-state index in [1.54, 1.807) is 6.07 Å². The van der Waals surface area contributed by atoms with Gasteiger partial charge in [-0.15, -0.1) is 0 Å². The summed E-state index contributed by atoms with van der Waals surface area (Å²) >= 11 is 0. The minimum atomic E-state index is -0.805. The lowest BCUT2D eigenvalue weighted by Gasteiger charge is -2.08. The Kier molecular flexibility index (Phi) is 3.51. The zero-order chi connectivity index (χ0) is 13.8. The molecule has 0 fully saturated rings. The molecular formula is C13H9FN2O3. The lowest BCUT2D eigenvalue weighted by Crippen LogP contribution is -1.93. The van der Waals surface area contributed by atoms with Crippen molar-refractivity contribution in [3.05, 3.63) is 64.7 Å². The molecule has 0 saturated heterocycles. The van der Waals surface area contributed by atoms with Crippen molar-refractivity contribution < 1.29 is 14.1 Å². The Morgan fingerprint density at radius 1 is 1.37 bits per heavy atom. The van der Waals surface area contributed by atoms with Gasteiger partial charge < -0.3 is 4.74 Å². The highest BCUT2D eigenvalue weighted by Crippen LogP contribution is 2.29. The second-order valence-electron chi connectivity index (χ2n) is 3.59. The zero-order valence-corrected chi connectivity index (χ0v) is 9.75. The van der Waals surface area contributed by atoms with Gasteiger partial charge in [-0.3, -0.25) is 15.1 Å². The van der Waals surface area contributed by atoms with Crippen LogP contribution in [0.2, 0.25) is 0 Å². The number of rotatable bonds is 4. The fourth-order valence-corrected chi connectivity index (χ4v) is 1.44. The minimum absolute atomic E-state index is 0.0973. The van der Waals surface area contributed by atoms with Crippen LogP contribution in [0.5, 0.6) is 11.5 Å². The maximum atomic E-state index is 13.7. The molecule has 0 aliphatic heterocycles. The fourth-order valence-electron chi connectivity index (χ4n) is 1.44. The Morgan fingerprint density at radius 3 is 2.79 bits per heavy atom. The van der Waals surface area contributed by atoms with Gasteiger partial charge in [0.15, 0.2) is 11.6 Å². The van der Waals surface area contributed by atoms with Crippen LogP contribution < -0.4 is 4.74 Å². The van der Waals surface area contributed by atoms with E-state index >= 15 is 0 Å². The van der Waals surface area contributed by atoms with E-state index in [9.17, 15) is 14.5 Å². The second kappa shape index (κ2) is 5.26. The van der Waals surface area contributed by atoms with E-state index in [1.807, 2.05) is 0 Å². The fraction of sp³-hybridized carbons (Fsp3) is 0. The molecule has 1 aromatic carbocycles. The highest BCUT2D eigenvalue weighted by atomic mass is 19.1. The van der Waals surface area contributed by atoms with Gasteiger partial charge >= 0.3 is 0 Å². The Bertz CT molecular complexity index is 644. The van der Waals surface area contributed by atoms with Gasteiger partial charge in [-0.1, -0.05) is 12.7 Å². The van der Waals surface area contributed by atoms with Crippen molar-refractivity contribution in [1.29, 1.82) is 0 Å². The van der Waals surface area contributed by atoms with Crippen LogP contribution in [-0.2, 0) is 0 Å². The molecule has 0 unspecified atom stereocenters. The third-order valence-corrected chi connectivity index (χ3v) is 2.38. The van der Waals surface area contributed by atoms with Gasteiger partial charge in [0.1, 0.15) is 5.75 Å². The first-order chi connectivity index (χ1) is 9.11. The highest BCUT2D eigenvalue weighted by molar-refractivity contribution is 5.55. The Morgan fingerprint density at radius 2 is 2.16 bits per heavy atom. The van der Waals surface area contributed by atoms with Crippen LogP contribution in [0.15, 0.2) is 43.2 Å². The topological polar surface area (TPSA) is 65.3 Å². The predicted octanol–water partition coefficient (Wildman–Crippen LogP) is 3.56. The number of nitro groups is 1. The van der Waals surface area contributed by atoms with E-state index in [2.05, 4.69) is 11.6 Å². The normalized spacial score (nSPS) is 9.95. The van der Waals surface area contributed by atoms with E-state index in [-0.39, 0.29) is 11.4 Å². The van der Waals surface area contributed by atoms with Crippen molar-refractivity contribution >= 4 is 11.8 Å². The molecule has 0 spiro atoms. The number of non-ortho nitro benzene ring substituents is 1. The average Bonchev–Trinajstić information content (AvgIpc) is 2.41. The predicted molar refractivity (Wildman–Crippen MR) is 67.5 cm³/mol. The molecule has 6 heteroatoms. The van der Waals surface area contributed by atoms with Crippen molar-refractivity contribution in [2.24, 2.45) is 0 Å². The molecule has 0 saturated carbocycles. The summed E-state index contributed by atoms with van der Waals surface area (Å²) < 4.78 is 19.0. The number of nitro benzene ring substituents is 1. The number of pyridine rings is 1. The number of hydrogen-bond donors (Lipinski definition) is 0. The van der Waals surface area contributed by atoms with Crippen molar-refractivity contribution in [2.75, 3.05) is 0 Å². The minimum Gasteiger partial charge on any atom is -0.454 e. The van der Waals surface area contributed by atoms with E-state index in [1.165, 1.54) is 30.6 Å². The summed E-state index contributed by atoms with van der Waals surface area (Å²) in [6.45, 7) is 3.59. The molecule has 0 bridgehead atoms. The van der Waals surface area contributed by atoms with Crippen LogP contribution in [0.25, 0.3) is 6.08 Å². The number of ether oxygens (including phenoxy) is 1. The molecule has 0 radical (unpaired) electrons. The van der Waals surface area contributed by atoms with Gasteiger partial charge in [-0.2, -0.15) is 0 Å². The molecule has 0 atom stereocenters. The summed E-state index contributed by atoms with van der Waals surface area (Å²) in [5.74, 6) is -0.529. The lowest BCUT2D eigenvalue weighted by atomic mass is 10.2. The number of benzene rings is 1. The van der Waals surface area contributed by atoms with Gasteiger partial charge in [-0.05, 0) is 12.1 Å². The molecule has 1 aromatic heterocycles. The van der Waals surface area contributed by atoms with E-state index in [0.717, 1.165) is 6.07 Å². The largest absolute Gasteiger partial charge is 0.454 e. The van der Waals surface area contributed by atoms with E-state index in [0.29, 0.717) is 11.3 Å².